The van der Waals surface area contributed by atoms with Gasteiger partial charge in [0.1, 0.15) is 16.0 Å². The number of methoxy groups -OCH3 is 1. The van der Waals surface area contributed by atoms with Crippen molar-refractivity contribution in [3.8, 4) is 17.3 Å². The van der Waals surface area contributed by atoms with E-state index in [1.165, 1.54) is 7.11 Å². The van der Waals surface area contributed by atoms with Crippen LogP contribution in [0.15, 0.2) is 39.9 Å². The standard InChI is InChI=1S/C18H16BrF3N6O/c1-4-9-27-14(19)13(24-17(27)23-2)15-25-16(18(20,21)22)26-28(15)10-11-5-7-12(29-3)8-6-11/h4-9H,2,10H2,1,3H3/b9-4-. The first-order chi connectivity index (χ1) is 13.8. The van der Waals surface area contributed by atoms with Gasteiger partial charge >= 0.3 is 6.18 Å². The van der Waals surface area contributed by atoms with Crippen LogP contribution in [0.4, 0.5) is 19.1 Å². The number of hydrogen-bond acceptors (Lipinski definition) is 5. The molecule has 0 aliphatic heterocycles. The molecule has 0 aliphatic carbocycles. The molecule has 3 aromatic rings. The first kappa shape index (κ1) is 20.8. The molecule has 2 heterocycles. The number of benzene rings is 1. The van der Waals surface area contributed by atoms with Crippen molar-refractivity contribution in [3.05, 3.63) is 46.3 Å². The van der Waals surface area contributed by atoms with Crippen LogP contribution in [-0.4, -0.2) is 38.1 Å². The van der Waals surface area contributed by atoms with E-state index < -0.39 is 12.0 Å². The van der Waals surface area contributed by atoms with Crippen molar-refractivity contribution in [1.29, 1.82) is 0 Å². The lowest BCUT2D eigenvalue weighted by molar-refractivity contribution is -0.144. The molecule has 0 bridgehead atoms. The Morgan fingerprint density at radius 1 is 1.24 bits per heavy atom. The van der Waals surface area contributed by atoms with Gasteiger partial charge in [-0.2, -0.15) is 13.2 Å². The monoisotopic (exact) mass is 468 g/mol. The third-order valence-electron chi connectivity index (χ3n) is 3.90. The largest absolute Gasteiger partial charge is 0.497 e. The number of halogens is 4. The van der Waals surface area contributed by atoms with Gasteiger partial charge in [-0.15, -0.1) is 5.10 Å². The highest BCUT2D eigenvalue weighted by atomic mass is 79.9. The first-order valence-corrected chi connectivity index (χ1v) is 9.10. The Morgan fingerprint density at radius 2 is 1.93 bits per heavy atom. The number of ether oxygens (including phenoxy) is 1. The summed E-state index contributed by atoms with van der Waals surface area (Å²) in [6.07, 6.45) is -1.31. The molecular weight excluding hydrogens is 453 g/mol. The molecule has 0 saturated carbocycles. The Labute approximate surface area is 172 Å². The zero-order valence-corrected chi connectivity index (χ0v) is 17.1. The van der Waals surface area contributed by atoms with E-state index in [-0.39, 0.29) is 24.0 Å². The molecule has 0 radical (unpaired) electrons. The molecule has 0 N–H and O–H groups in total. The van der Waals surface area contributed by atoms with Crippen LogP contribution in [0.5, 0.6) is 5.75 Å². The molecule has 152 valence electrons. The Morgan fingerprint density at radius 3 is 2.48 bits per heavy atom. The summed E-state index contributed by atoms with van der Waals surface area (Å²) < 4.78 is 48.0. The molecule has 0 amide bonds. The van der Waals surface area contributed by atoms with Gasteiger partial charge < -0.3 is 4.74 Å². The topological polar surface area (TPSA) is 70.1 Å². The number of alkyl halides is 3. The maximum absolute atomic E-state index is 13.3. The van der Waals surface area contributed by atoms with Crippen molar-refractivity contribution in [2.24, 2.45) is 4.99 Å². The van der Waals surface area contributed by atoms with Crippen LogP contribution in [0.1, 0.15) is 18.3 Å². The summed E-state index contributed by atoms with van der Waals surface area (Å²) in [5.41, 5.74) is 0.888. The quantitative estimate of drug-likeness (QED) is 0.487. The lowest BCUT2D eigenvalue weighted by Crippen LogP contribution is -2.09. The minimum absolute atomic E-state index is 0.0480. The Balaban J connectivity index is 2.12. The molecule has 0 spiro atoms. The zero-order valence-electron chi connectivity index (χ0n) is 15.5. The fraction of sp³-hybridized carbons (Fsp3) is 0.222. The Bertz CT molecular complexity index is 1050. The van der Waals surface area contributed by atoms with Crippen LogP contribution >= 0.6 is 15.9 Å². The van der Waals surface area contributed by atoms with Gasteiger partial charge in [-0.05, 0) is 47.3 Å². The van der Waals surface area contributed by atoms with Crippen molar-refractivity contribution in [1.82, 2.24) is 24.3 Å². The molecule has 1 aromatic carbocycles. The third kappa shape index (κ3) is 4.24. The minimum atomic E-state index is -4.70. The van der Waals surface area contributed by atoms with Crippen molar-refractivity contribution >= 4 is 34.8 Å². The van der Waals surface area contributed by atoms with Crippen molar-refractivity contribution in [2.75, 3.05) is 7.11 Å². The van der Waals surface area contributed by atoms with Crippen LogP contribution in [-0.2, 0) is 12.7 Å². The van der Waals surface area contributed by atoms with E-state index in [0.29, 0.717) is 10.4 Å². The molecule has 0 saturated heterocycles. The molecule has 7 nitrogen and oxygen atoms in total. The second kappa shape index (κ2) is 8.19. The molecule has 2 aromatic heterocycles. The third-order valence-corrected chi connectivity index (χ3v) is 4.66. The lowest BCUT2D eigenvalue weighted by Gasteiger charge is -2.06. The van der Waals surface area contributed by atoms with Gasteiger partial charge in [-0.25, -0.2) is 19.6 Å². The van der Waals surface area contributed by atoms with E-state index in [2.05, 4.69) is 42.7 Å². The smallest absolute Gasteiger partial charge is 0.453 e. The minimum Gasteiger partial charge on any atom is -0.497 e. The van der Waals surface area contributed by atoms with Gasteiger partial charge in [0.2, 0.25) is 5.95 Å². The van der Waals surface area contributed by atoms with Crippen LogP contribution in [0.2, 0.25) is 0 Å². The summed E-state index contributed by atoms with van der Waals surface area (Å²) in [4.78, 5) is 11.8. The highest BCUT2D eigenvalue weighted by Gasteiger charge is 2.38. The van der Waals surface area contributed by atoms with Crippen LogP contribution in [0, 0.1) is 0 Å². The molecule has 29 heavy (non-hydrogen) atoms. The highest BCUT2D eigenvalue weighted by Crippen LogP contribution is 2.34. The van der Waals surface area contributed by atoms with Crippen molar-refractivity contribution < 1.29 is 17.9 Å². The van der Waals surface area contributed by atoms with Gasteiger partial charge in [-0.1, -0.05) is 18.2 Å². The second-order valence-corrected chi connectivity index (χ2v) is 6.58. The number of hydrogen-bond donors (Lipinski definition) is 0. The lowest BCUT2D eigenvalue weighted by atomic mass is 10.2. The highest BCUT2D eigenvalue weighted by molar-refractivity contribution is 9.10. The van der Waals surface area contributed by atoms with Gasteiger partial charge in [-0.3, -0.25) is 4.57 Å². The second-order valence-electron chi connectivity index (χ2n) is 5.82. The van der Waals surface area contributed by atoms with Crippen LogP contribution in [0.3, 0.4) is 0 Å². The molecule has 0 unspecified atom stereocenters. The molecule has 11 heteroatoms. The van der Waals surface area contributed by atoms with Crippen LogP contribution in [0.25, 0.3) is 17.7 Å². The van der Waals surface area contributed by atoms with Crippen molar-refractivity contribution in [3.63, 3.8) is 0 Å². The summed E-state index contributed by atoms with van der Waals surface area (Å²) >= 11 is 3.36. The van der Waals surface area contributed by atoms with E-state index in [1.807, 2.05) is 0 Å². The molecule has 0 fully saturated rings. The fourth-order valence-electron chi connectivity index (χ4n) is 2.59. The number of aromatic nitrogens is 5. The maximum Gasteiger partial charge on any atom is 0.453 e. The fourth-order valence-corrected chi connectivity index (χ4v) is 3.13. The number of rotatable bonds is 6. The molecule has 0 aliphatic rings. The van der Waals surface area contributed by atoms with Gasteiger partial charge in [0.05, 0.1) is 13.7 Å². The summed E-state index contributed by atoms with van der Waals surface area (Å²) in [7, 11) is 1.53. The Kier molecular flexibility index (Phi) is 5.87. The maximum atomic E-state index is 13.3. The summed E-state index contributed by atoms with van der Waals surface area (Å²) in [6, 6.07) is 6.91. The molecule has 3 rings (SSSR count). The van der Waals surface area contributed by atoms with E-state index in [9.17, 15) is 13.2 Å². The zero-order chi connectivity index (χ0) is 21.2. The summed E-state index contributed by atoms with van der Waals surface area (Å²) in [5, 5.41) is 3.66. The number of aliphatic imine (C=N–C) groups is 1. The van der Waals surface area contributed by atoms with E-state index in [0.717, 1.165) is 10.2 Å². The average molecular weight is 469 g/mol. The molecular formula is C18H16BrF3N6O. The van der Waals surface area contributed by atoms with Crippen molar-refractivity contribution in [2.45, 2.75) is 19.6 Å². The van der Waals surface area contributed by atoms with Gasteiger partial charge in [0.25, 0.3) is 5.82 Å². The summed E-state index contributed by atoms with van der Waals surface area (Å²) in [5.74, 6) is -0.453. The van der Waals surface area contributed by atoms with E-state index in [4.69, 9.17) is 4.74 Å². The van der Waals surface area contributed by atoms with Gasteiger partial charge in [0.15, 0.2) is 5.82 Å². The normalized spacial score (nSPS) is 11.9. The van der Waals surface area contributed by atoms with Gasteiger partial charge in [0, 0.05) is 6.20 Å². The number of nitrogens with zero attached hydrogens (tertiary/aromatic N) is 6. The van der Waals surface area contributed by atoms with E-state index in [1.54, 1.807) is 48.0 Å². The molecule has 0 atom stereocenters. The average Bonchev–Trinajstić information content (AvgIpc) is 3.24. The van der Waals surface area contributed by atoms with Crippen LogP contribution < -0.4 is 4.74 Å². The first-order valence-electron chi connectivity index (χ1n) is 8.31. The predicted molar refractivity (Wildman–Crippen MR) is 106 cm³/mol. The SMILES string of the molecule is C=Nc1nc(-c2nc(C(F)(F)F)nn2Cc2ccc(OC)cc2)c(Br)n1/C=C\C. The number of allylic oxidation sites excluding steroid dienone is 1. The van der Waals surface area contributed by atoms with E-state index >= 15 is 0 Å². The Hall–Kier alpha value is -2.95. The predicted octanol–water partition coefficient (Wildman–Crippen LogP) is 4.80. The number of imidazole rings is 1. The summed E-state index contributed by atoms with van der Waals surface area (Å²) in [6.45, 7) is 5.29.